The van der Waals surface area contributed by atoms with Gasteiger partial charge in [-0.25, -0.2) is 19.4 Å². The Morgan fingerprint density at radius 3 is 2.13 bits per heavy atom. The van der Waals surface area contributed by atoms with Gasteiger partial charge in [-0.1, -0.05) is 79.2 Å². The van der Waals surface area contributed by atoms with Crippen LogP contribution in [0.2, 0.25) is 0 Å². The Hall–Kier alpha value is -4.25. The Morgan fingerprint density at radius 1 is 1.03 bits per heavy atom. The van der Waals surface area contributed by atoms with Crippen LogP contribution in [0.5, 0.6) is 0 Å². The predicted octanol–water partition coefficient (Wildman–Crippen LogP) is 5.80. The summed E-state index contributed by atoms with van der Waals surface area (Å²) in [6.07, 6.45) is -1.78. The molecule has 3 rings (SSSR count). The highest BCUT2D eigenvalue weighted by Crippen LogP contribution is 2.27. The molecule has 1 unspecified atom stereocenters. The van der Waals surface area contributed by atoms with Crippen LogP contribution in [-0.4, -0.2) is 45.5 Å². The lowest BCUT2D eigenvalue weighted by Crippen LogP contribution is -2.28. The van der Waals surface area contributed by atoms with Crippen molar-refractivity contribution in [3.05, 3.63) is 82.9 Å². The Bertz CT molecular complexity index is 1250. The number of aliphatic carboxylic acids is 1. The Morgan fingerprint density at radius 2 is 1.62 bits per heavy atom. The average molecular weight is 554 g/mol. The molecule has 11 heteroatoms. The second-order valence-corrected chi connectivity index (χ2v) is 10.3. The quantitative estimate of drug-likeness (QED) is 0.173. The van der Waals surface area contributed by atoms with Gasteiger partial charge < -0.3 is 19.4 Å². The molecule has 0 aliphatic heterocycles. The van der Waals surface area contributed by atoms with Crippen molar-refractivity contribution in [2.24, 2.45) is 5.16 Å². The van der Waals surface area contributed by atoms with Crippen LogP contribution in [0.25, 0.3) is 0 Å². The van der Waals surface area contributed by atoms with E-state index in [-0.39, 0.29) is 17.2 Å². The van der Waals surface area contributed by atoms with E-state index in [1.54, 1.807) is 20.8 Å². The van der Waals surface area contributed by atoms with Crippen LogP contribution >= 0.6 is 11.3 Å². The molecule has 1 atom stereocenters. The molecular formula is C28H31N3O7S. The molecular weight excluding hydrogens is 522 g/mol. The van der Waals surface area contributed by atoms with E-state index in [0.717, 1.165) is 22.5 Å². The van der Waals surface area contributed by atoms with Gasteiger partial charge in [-0.05, 0) is 38.3 Å². The number of anilines is 1. The lowest BCUT2D eigenvalue weighted by Gasteiger charge is -2.21. The van der Waals surface area contributed by atoms with E-state index in [1.165, 1.54) is 5.38 Å². The number of ether oxygens (including phenoxy) is 2. The molecule has 3 aromatic rings. The maximum atomic E-state index is 13.2. The fourth-order valence-corrected chi connectivity index (χ4v) is 4.08. The number of carbonyl (C=O) groups excluding carboxylic acids is 2. The number of benzene rings is 2. The van der Waals surface area contributed by atoms with Gasteiger partial charge in [0.2, 0.25) is 11.8 Å². The molecule has 2 aromatic carbocycles. The summed E-state index contributed by atoms with van der Waals surface area (Å²) >= 11 is 0.990. The zero-order chi connectivity index (χ0) is 28.4. The number of nitrogens with zero attached hydrogens (tertiary/aromatic N) is 2. The predicted molar refractivity (Wildman–Crippen MR) is 147 cm³/mol. The number of aromatic nitrogens is 1. The van der Waals surface area contributed by atoms with Gasteiger partial charge in [0.1, 0.15) is 11.3 Å². The standard InChI is InChI=1S/C28H31N3O7S/c1-5-12-21(25(34)36-23(18-13-8-6-9-14-18)19-15-10-7-11-16-19)38-31-22(24(32)33)20-17-39-26(29-20)30-27(35)37-28(2,3)4/h6-11,13-17,21,23H,5,12H2,1-4H3,(H,32,33)(H,29,30,35)/b31-22-. The first-order valence-electron chi connectivity index (χ1n) is 12.3. The number of hydrogen-bond donors (Lipinski definition) is 2. The molecule has 0 saturated carbocycles. The third-order valence-electron chi connectivity index (χ3n) is 5.08. The van der Waals surface area contributed by atoms with Gasteiger partial charge in [0.25, 0.3) is 0 Å². The van der Waals surface area contributed by atoms with Crippen molar-refractivity contribution in [3.8, 4) is 0 Å². The molecule has 0 aliphatic rings. The molecule has 1 amide bonds. The number of hydrogen-bond acceptors (Lipinski definition) is 9. The summed E-state index contributed by atoms with van der Waals surface area (Å²) in [4.78, 5) is 46.7. The molecule has 2 N–H and O–H groups in total. The molecule has 39 heavy (non-hydrogen) atoms. The molecule has 206 valence electrons. The highest BCUT2D eigenvalue weighted by Gasteiger charge is 2.28. The molecule has 1 heterocycles. The smallest absolute Gasteiger partial charge is 0.413 e. The fourth-order valence-electron chi connectivity index (χ4n) is 3.39. The van der Waals surface area contributed by atoms with Crippen LogP contribution in [0.1, 0.15) is 63.5 Å². The molecule has 0 fully saturated rings. The molecule has 0 radical (unpaired) electrons. The first-order valence-corrected chi connectivity index (χ1v) is 13.2. The number of carbonyl (C=O) groups is 3. The number of esters is 1. The van der Waals surface area contributed by atoms with Crippen LogP contribution in [-0.2, 0) is 23.9 Å². The van der Waals surface area contributed by atoms with Crippen LogP contribution in [0, 0.1) is 0 Å². The number of oxime groups is 1. The molecule has 10 nitrogen and oxygen atoms in total. The normalized spacial score (nSPS) is 12.5. The molecule has 0 bridgehead atoms. The Labute approximate surface area is 230 Å². The van der Waals surface area contributed by atoms with Crippen LogP contribution in [0.4, 0.5) is 9.93 Å². The van der Waals surface area contributed by atoms with Crippen LogP contribution in [0.3, 0.4) is 0 Å². The van der Waals surface area contributed by atoms with Crippen molar-refractivity contribution in [1.82, 2.24) is 4.98 Å². The summed E-state index contributed by atoms with van der Waals surface area (Å²) in [6, 6.07) is 18.5. The van der Waals surface area contributed by atoms with Crippen molar-refractivity contribution >= 4 is 40.2 Å². The zero-order valence-corrected chi connectivity index (χ0v) is 22.9. The van der Waals surface area contributed by atoms with E-state index < -0.39 is 41.6 Å². The van der Waals surface area contributed by atoms with E-state index in [2.05, 4.69) is 15.5 Å². The molecule has 0 saturated heterocycles. The minimum absolute atomic E-state index is 0.0476. The van der Waals surface area contributed by atoms with E-state index in [9.17, 15) is 19.5 Å². The third kappa shape index (κ3) is 8.92. The summed E-state index contributed by atoms with van der Waals surface area (Å²) in [7, 11) is 0. The van der Waals surface area contributed by atoms with Crippen molar-refractivity contribution in [3.63, 3.8) is 0 Å². The first kappa shape index (κ1) is 29.3. The molecule has 1 aromatic heterocycles. The summed E-state index contributed by atoms with van der Waals surface area (Å²) in [5.41, 5.74) is 0.256. The monoisotopic (exact) mass is 553 g/mol. The van der Waals surface area contributed by atoms with Gasteiger partial charge >= 0.3 is 18.0 Å². The lowest BCUT2D eigenvalue weighted by molar-refractivity contribution is -0.162. The van der Waals surface area contributed by atoms with Crippen molar-refractivity contribution in [1.29, 1.82) is 0 Å². The zero-order valence-electron chi connectivity index (χ0n) is 22.1. The van der Waals surface area contributed by atoms with Gasteiger partial charge in [-0.2, -0.15) is 0 Å². The number of rotatable bonds is 11. The highest BCUT2D eigenvalue weighted by atomic mass is 32.1. The number of thiazole rings is 1. The number of carboxylic acid groups (broad SMARTS) is 1. The van der Waals surface area contributed by atoms with E-state index >= 15 is 0 Å². The third-order valence-corrected chi connectivity index (χ3v) is 5.84. The summed E-state index contributed by atoms with van der Waals surface area (Å²) in [5.74, 6) is -2.10. The van der Waals surface area contributed by atoms with Gasteiger partial charge in [-0.15, -0.1) is 11.3 Å². The number of carboxylic acids is 1. The van der Waals surface area contributed by atoms with Gasteiger partial charge in [0.15, 0.2) is 11.2 Å². The number of amides is 1. The maximum Gasteiger partial charge on any atom is 0.413 e. The van der Waals surface area contributed by atoms with Crippen LogP contribution in [0.15, 0.2) is 71.2 Å². The largest absolute Gasteiger partial charge is 0.476 e. The topological polar surface area (TPSA) is 136 Å². The highest BCUT2D eigenvalue weighted by molar-refractivity contribution is 7.14. The van der Waals surface area contributed by atoms with Gasteiger partial charge in [0.05, 0.1) is 0 Å². The van der Waals surface area contributed by atoms with Crippen molar-refractivity contribution < 1.29 is 33.8 Å². The van der Waals surface area contributed by atoms with E-state index in [1.807, 2.05) is 67.6 Å². The fraction of sp³-hybridized carbons (Fsp3) is 0.321. The minimum atomic E-state index is -1.42. The molecule has 0 aliphatic carbocycles. The van der Waals surface area contributed by atoms with Crippen molar-refractivity contribution in [2.75, 3.05) is 5.32 Å². The maximum absolute atomic E-state index is 13.2. The van der Waals surface area contributed by atoms with E-state index in [4.69, 9.17) is 14.3 Å². The second-order valence-electron chi connectivity index (χ2n) is 9.43. The summed E-state index contributed by atoms with van der Waals surface area (Å²) < 4.78 is 11.0. The minimum Gasteiger partial charge on any atom is -0.476 e. The van der Waals surface area contributed by atoms with Gasteiger partial charge in [0, 0.05) is 5.38 Å². The van der Waals surface area contributed by atoms with Crippen molar-refractivity contribution in [2.45, 2.75) is 58.3 Å². The molecule has 0 spiro atoms. The number of nitrogens with one attached hydrogen (secondary N) is 1. The van der Waals surface area contributed by atoms with E-state index in [0.29, 0.717) is 6.42 Å². The summed E-state index contributed by atoms with van der Waals surface area (Å²) in [6.45, 7) is 7.00. The summed E-state index contributed by atoms with van der Waals surface area (Å²) in [5, 5.41) is 17.4. The average Bonchev–Trinajstić information content (AvgIpc) is 3.34. The van der Waals surface area contributed by atoms with Gasteiger partial charge in [-0.3, -0.25) is 5.32 Å². The Kier molecular flexibility index (Phi) is 10.2. The first-order chi connectivity index (χ1) is 18.6. The SMILES string of the molecule is CCCC(O/N=C(\C(=O)O)c1csc(NC(=O)OC(C)(C)C)n1)C(=O)OC(c1ccccc1)c1ccccc1. The van der Waals surface area contributed by atoms with Crippen LogP contribution < -0.4 is 5.32 Å². The Balaban J connectivity index is 1.78. The second kappa shape index (κ2) is 13.5. The lowest BCUT2D eigenvalue weighted by atomic mass is 10.0.